The van der Waals surface area contributed by atoms with E-state index in [1.807, 2.05) is 12.1 Å². The van der Waals surface area contributed by atoms with E-state index in [9.17, 15) is 14.9 Å². The van der Waals surface area contributed by atoms with Gasteiger partial charge in [-0.3, -0.25) is 19.8 Å². The summed E-state index contributed by atoms with van der Waals surface area (Å²) in [6, 6.07) is 11.9. The van der Waals surface area contributed by atoms with Crippen LogP contribution >= 0.6 is 11.6 Å². The fourth-order valence-corrected chi connectivity index (χ4v) is 3.63. The van der Waals surface area contributed by atoms with E-state index >= 15 is 0 Å². The first-order valence-electron chi connectivity index (χ1n) is 9.04. The van der Waals surface area contributed by atoms with E-state index in [2.05, 4.69) is 14.9 Å². The van der Waals surface area contributed by atoms with Crippen LogP contribution in [0.5, 0.6) is 0 Å². The van der Waals surface area contributed by atoms with Crippen molar-refractivity contribution in [3.8, 4) is 11.4 Å². The van der Waals surface area contributed by atoms with E-state index in [4.69, 9.17) is 17.3 Å². The van der Waals surface area contributed by atoms with Gasteiger partial charge in [0.05, 0.1) is 16.2 Å². The van der Waals surface area contributed by atoms with Crippen LogP contribution in [0.25, 0.3) is 11.4 Å². The third-order valence-electron chi connectivity index (χ3n) is 4.95. The average molecular weight is 412 g/mol. The summed E-state index contributed by atoms with van der Waals surface area (Å²) in [5.74, 6) is 0.524. The lowest BCUT2D eigenvalue weighted by molar-refractivity contribution is -0.384. The monoisotopic (exact) mass is 411 g/mol. The fourth-order valence-electron chi connectivity index (χ4n) is 3.45. The quantitative estimate of drug-likeness (QED) is 0.387. The summed E-state index contributed by atoms with van der Waals surface area (Å²) < 4.78 is 0. The summed E-state index contributed by atoms with van der Waals surface area (Å²) in [6.45, 7) is 1.60. The molecule has 0 amide bonds. The van der Waals surface area contributed by atoms with Gasteiger partial charge in [-0.2, -0.15) is 0 Å². The first-order chi connectivity index (χ1) is 13.9. The molecule has 2 aromatic carbocycles. The highest BCUT2D eigenvalue weighted by atomic mass is 35.5. The third kappa shape index (κ3) is 3.98. The lowest BCUT2D eigenvalue weighted by atomic mass is 10.0. The van der Waals surface area contributed by atoms with E-state index in [1.165, 1.54) is 12.1 Å². The zero-order valence-corrected chi connectivity index (χ0v) is 16.1. The topological polar surface area (TPSA) is 118 Å². The van der Waals surface area contributed by atoms with Crippen molar-refractivity contribution < 1.29 is 4.92 Å². The molecule has 0 radical (unpaired) electrons. The van der Waals surface area contributed by atoms with Crippen LogP contribution in [0.1, 0.15) is 16.8 Å². The number of benzene rings is 2. The zero-order chi connectivity index (χ0) is 20.5. The number of nitrogens with zero attached hydrogens (tertiary/aromatic N) is 3. The zero-order valence-electron chi connectivity index (χ0n) is 15.4. The Morgan fingerprint density at radius 3 is 2.72 bits per heavy atom. The van der Waals surface area contributed by atoms with Gasteiger partial charge in [0.1, 0.15) is 10.8 Å². The SMILES string of the molecule is Nc1ccc(-c2nc3c(c(=O)[nH]2)CN(Cc2ccc(Cl)c([N+](=O)[O-])c2)CC3)cc1. The molecule has 2 heterocycles. The second kappa shape index (κ2) is 7.65. The molecule has 0 saturated carbocycles. The standard InChI is InChI=1S/C20H18ClN5O3/c21-16-6-1-12(9-18(16)26(28)29)10-25-8-7-17-15(11-25)20(27)24-19(23-17)13-2-4-14(22)5-3-13/h1-6,9H,7-8,10-11,22H2,(H,23,24,27). The number of anilines is 1. The Kier molecular flexibility index (Phi) is 5.04. The predicted molar refractivity (Wildman–Crippen MR) is 111 cm³/mol. The Morgan fingerprint density at radius 1 is 1.24 bits per heavy atom. The molecule has 0 bridgehead atoms. The lowest BCUT2D eigenvalue weighted by Crippen LogP contribution is -2.35. The maximum atomic E-state index is 12.7. The van der Waals surface area contributed by atoms with Crippen molar-refractivity contribution in [2.24, 2.45) is 0 Å². The highest BCUT2D eigenvalue weighted by Crippen LogP contribution is 2.27. The Morgan fingerprint density at radius 2 is 2.00 bits per heavy atom. The number of hydrogen-bond acceptors (Lipinski definition) is 6. The summed E-state index contributed by atoms with van der Waals surface area (Å²) in [5, 5.41) is 11.2. The number of aromatic amines is 1. The number of H-pyrrole nitrogens is 1. The van der Waals surface area contributed by atoms with E-state index < -0.39 is 4.92 Å². The highest BCUT2D eigenvalue weighted by Gasteiger charge is 2.22. The molecule has 0 atom stereocenters. The number of nitrogens with two attached hydrogens (primary N) is 1. The van der Waals surface area contributed by atoms with Crippen LogP contribution in [0, 0.1) is 10.1 Å². The smallest absolute Gasteiger partial charge is 0.288 e. The van der Waals surface area contributed by atoms with Crippen molar-refractivity contribution in [2.45, 2.75) is 19.5 Å². The molecular formula is C20H18ClN5O3. The Bertz CT molecular complexity index is 1140. The number of aromatic nitrogens is 2. The number of nitro groups is 1. The molecule has 3 N–H and O–H groups in total. The van der Waals surface area contributed by atoms with Gasteiger partial charge in [-0.1, -0.05) is 17.7 Å². The molecule has 8 nitrogen and oxygen atoms in total. The number of fused-ring (bicyclic) bond motifs is 1. The van der Waals surface area contributed by atoms with Crippen LogP contribution in [0.4, 0.5) is 11.4 Å². The number of nitrogens with one attached hydrogen (secondary N) is 1. The van der Waals surface area contributed by atoms with E-state index in [0.29, 0.717) is 43.1 Å². The molecule has 148 valence electrons. The minimum absolute atomic E-state index is 0.110. The molecule has 3 aromatic rings. The summed E-state index contributed by atoms with van der Waals surface area (Å²) in [6.07, 6.45) is 0.622. The van der Waals surface area contributed by atoms with Crippen LogP contribution in [-0.2, 0) is 19.5 Å². The maximum absolute atomic E-state index is 12.7. The number of rotatable bonds is 4. The molecule has 4 rings (SSSR count). The number of nitro benzene ring substituents is 1. The number of nitrogen functional groups attached to an aromatic ring is 1. The molecule has 0 unspecified atom stereocenters. The average Bonchev–Trinajstić information content (AvgIpc) is 2.70. The highest BCUT2D eigenvalue weighted by molar-refractivity contribution is 6.32. The Hall–Kier alpha value is -3.23. The molecule has 1 aromatic heterocycles. The second-order valence-corrected chi connectivity index (χ2v) is 7.37. The lowest BCUT2D eigenvalue weighted by Gasteiger charge is -2.27. The van der Waals surface area contributed by atoms with Gasteiger partial charge < -0.3 is 10.7 Å². The molecule has 0 spiro atoms. The van der Waals surface area contributed by atoms with Crippen LogP contribution in [-0.4, -0.2) is 26.3 Å². The maximum Gasteiger partial charge on any atom is 0.288 e. The summed E-state index contributed by atoms with van der Waals surface area (Å²) in [7, 11) is 0. The summed E-state index contributed by atoms with van der Waals surface area (Å²) >= 11 is 5.88. The van der Waals surface area contributed by atoms with Gasteiger partial charge in [-0.05, 0) is 35.9 Å². The third-order valence-corrected chi connectivity index (χ3v) is 5.26. The molecule has 0 aliphatic carbocycles. The minimum atomic E-state index is -0.495. The molecule has 1 aliphatic rings. The van der Waals surface area contributed by atoms with Gasteiger partial charge in [0.25, 0.3) is 11.2 Å². The molecule has 0 saturated heterocycles. The Labute approximate surface area is 171 Å². The largest absolute Gasteiger partial charge is 0.399 e. The van der Waals surface area contributed by atoms with Gasteiger partial charge >= 0.3 is 0 Å². The molecular weight excluding hydrogens is 394 g/mol. The van der Waals surface area contributed by atoms with Crippen LogP contribution in [0.15, 0.2) is 47.3 Å². The van der Waals surface area contributed by atoms with Gasteiger partial charge in [0.2, 0.25) is 0 Å². The fraction of sp³-hybridized carbons (Fsp3) is 0.200. The van der Waals surface area contributed by atoms with Crippen molar-refractivity contribution in [1.29, 1.82) is 0 Å². The van der Waals surface area contributed by atoms with Crippen molar-refractivity contribution >= 4 is 23.0 Å². The van der Waals surface area contributed by atoms with Gasteiger partial charge in [0.15, 0.2) is 0 Å². The minimum Gasteiger partial charge on any atom is -0.399 e. The molecule has 1 aliphatic heterocycles. The van der Waals surface area contributed by atoms with E-state index in [0.717, 1.165) is 16.8 Å². The molecule has 0 fully saturated rings. The summed E-state index contributed by atoms with van der Waals surface area (Å²) in [4.78, 5) is 32.8. The summed E-state index contributed by atoms with van der Waals surface area (Å²) in [5.41, 5.74) is 9.04. The number of hydrogen-bond donors (Lipinski definition) is 2. The van der Waals surface area contributed by atoms with E-state index in [1.54, 1.807) is 18.2 Å². The first-order valence-corrected chi connectivity index (χ1v) is 9.41. The van der Waals surface area contributed by atoms with Crippen LogP contribution in [0.2, 0.25) is 5.02 Å². The van der Waals surface area contributed by atoms with Gasteiger partial charge in [-0.25, -0.2) is 4.98 Å². The molecule has 29 heavy (non-hydrogen) atoms. The second-order valence-electron chi connectivity index (χ2n) is 6.97. The van der Waals surface area contributed by atoms with Crippen molar-refractivity contribution in [1.82, 2.24) is 14.9 Å². The first kappa shape index (κ1) is 19.1. The Balaban J connectivity index is 1.56. The van der Waals surface area contributed by atoms with Gasteiger partial charge in [-0.15, -0.1) is 0 Å². The van der Waals surface area contributed by atoms with Crippen LogP contribution in [0.3, 0.4) is 0 Å². The van der Waals surface area contributed by atoms with Gasteiger partial charge in [0, 0.05) is 43.4 Å². The van der Waals surface area contributed by atoms with E-state index in [-0.39, 0.29) is 16.3 Å². The predicted octanol–water partition coefficient (Wildman–Crippen LogP) is 3.14. The molecule has 9 heteroatoms. The van der Waals surface area contributed by atoms with Crippen molar-refractivity contribution in [3.63, 3.8) is 0 Å². The van der Waals surface area contributed by atoms with Crippen molar-refractivity contribution in [2.75, 3.05) is 12.3 Å². The van der Waals surface area contributed by atoms with Crippen LogP contribution < -0.4 is 11.3 Å². The number of halogens is 1. The normalized spacial score (nSPS) is 13.8. The van der Waals surface area contributed by atoms with Crippen molar-refractivity contribution in [3.05, 3.63) is 84.8 Å².